The number of aryl methyl sites for hydroxylation is 1. The number of thiophene rings is 1. The molecular weight excluding hydrogens is 389 g/mol. The summed E-state index contributed by atoms with van der Waals surface area (Å²) in [6.45, 7) is 2.25. The summed E-state index contributed by atoms with van der Waals surface area (Å²) in [5.74, 6) is -0.114. The molecule has 0 saturated heterocycles. The van der Waals surface area contributed by atoms with Crippen molar-refractivity contribution in [1.82, 2.24) is 0 Å². The fraction of sp³-hybridized carbons (Fsp3) is 0.368. The number of hydrogen-bond acceptors (Lipinski definition) is 3. The number of carbonyl (C=O) groups excluding carboxylic acids is 1. The maximum absolute atomic E-state index is 12.4. The molecule has 7 heteroatoms. The molecule has 2 aromatic rings. The third-order valence-corrected chi connectivity index (χ3v) is 6.42. The molecule has 1 aliphatic rings. The minimum absolute atomic E-state index is 0.0255. The fourth-order valence-electron chi connectivity index (χ4n) is 3.23. The molecule has 0 spiro atoms. The van der Waals surface area contributed by atoms with Gasteiger partial charge in [-0.05, 0) is 50.3 Å². The number of nitrogens with two attached hydrogens (primary N) is 1. The number of nitriles is 1. The second-order valence-corrected chi connectivity index (χ2v) is 8.42. The van der Waals surface area contributed by atoms with Crippen LogP contribution in [0.25, 0.3) is 0 Å². The molecule has 0 unspecified atom stereocenters. The normalized spacial score (nSPS) is 14.4. The van der Waals surface area contributed by atoms with Gasteiger partial charge in [0.15, 0.2) is 6.54 Å². The molecule has 0 aliphatic heterocycles. The molecule has 1 heterocycles. The maximum Gasteiger partial charge on any atom is 0.280 e. The van der Waals surface area contributed by atoms with Gasteiger partial charge >= 0.3 is 0 Å². The van der Waals surface area contributed by atoms with Crippen LogP contribution < -0.4 is 10.6 Å². The Morgan fingerprint density at radius 2 is 2.15 bits per heavy atom. The van der Waals surface area contributed by atoms with E-state index in [0.29, 0.717) is 20.6 Å². The molecule has 0 bridgehead atoms. The lowest BCUT2D eigenvalue weighted by Gasteiger charge is -2.12. The van der Waals surface area contributed by atoms with E-state index in [1.54, 1.807) is 23.5 Å². The molecule has 1 aromatic heterocycles. The van der Waals surface area contributed by atoms with Crippen LogP contribution in [0.3, 0.4) is 0 Å². The lowest BCUT2D eigenvalue weighted by molar-refractivity contribution is -0.682. The highest BCUT2D eigenvalue weighted by Crippen LogP contribution is 2.37. The van der Waals surface area contributed by atoms with Gasteiger partial charge < -0.3 is 10.6 Å². The van der Waals surface area contributed by atoms with Gasteiger partial charge in [0.25, 0.3) is 5.91 Å². The van der Waals surface area contributed by atoms with Crippen molar-refractivity contribution in [2.45, 2.75) is 38.6 Å². The Kier molecular flexibility index (Phi) is 6.20. The van der Waals surface area contributed by atoms with E-state index in [-0.39, 0.29) is 18.5 Å². The number of benzene rings is 1. The monoisotopic (exact) mass is 408 g/mol. The van der Waals surface area contributed by atoms with E-state index in [9.17, 15) is 10.1 Å². The zero-order valence-electron chi connectivity index (χ0n) is 14.4. The number of anilines is 1. The summed E-state index contributed by atoms with van der Waals surface area (Å²) in [7, 11) is 0. The highest BCUT2D eigenvalue weighted by Gasteiger charge is 2.22. The molecule has 136 valence electrons. The third kappa shape index (κ3) is 4.21. The number of rotatable bonds is 5. The molecule has 0 radical (unpaired) electrons. The zero-order chi connectivity index (χ0) is 18.7. The number of nitrogens with one attached hydrogen (secondary N) is 1. The SMILES string of the molecule is C[C@@H]([NH2+]CC(=O)Nc1sc2c(c1C#N)CCCC2)c1ccc(Cl)cc1Cl. The van der Waals surface area contributed by atoms with Crippen LogP contribution in [-0.4, -0.2) is 12.5 Å². The van der Waals surface area contributed by atoms with Crippen LogP contribution in [0.4, 0.5) is 5.00 Å². The Labute approximate surface area is 167 Å². The van der Waals surface area contributed by atoms with Crippen molar-refractivity contribution in [2.75, 3.05) is 11.9 Å². The Morgan fingerprint density at radius 3 is 2.88 bits per heavy atom. The van der Waals surface area contributed by atoms with E-state index >= 15 is 0 Å². The summed E-state index contributed by atoms with van der Waals surface area (Å²) in [4.78, 5) is 13.6. The smallest absolute Gasteiger partial charge is 0.280 e. The van der Waals surface area contributed by atoms with Gasteiger partial charge in [0.05, 0.1) is 10.6 Å². The van der Waals surface area contributed by atoms with Crippen LogP contribution in [0.2, 0.25) is 10.0 Å². The topological polar surface area (TPSA) is 69.5 Å². The Balaban J connectivity index is 1.63. The molecule has 1 amide bonds. The lowest BCUT2D eigenvalue weighted by atomic mass is 9.96. The van der Waals surface area contributed by atoms with E-state index in [0.717, 1.165) is 36.8 Å². The van der Waals surface area contributed by atoms with Crippen molar-refractivity contribution in [3.63, 3.8) is 0 Å². The molecule has 1 aliphatic carbocycles. The Hall–Kier alpha value is -1.58. The van der Waals surface area contributed by atoms with Crippen molar-refractivity contribution in [3.05, 3.63) is 49.8 Å². The second kappa shape index (κ2) is 8.41. The third-order valence-electron chi connectivity index (χ3n) is 4.65. The highest BCUT2D eigenvalue weighted by atomic mass is 35.5. The van der Waals surface area contributed by atoms with Crippen LogP contribution in [0.15, 0.2) is 18.2 Å². The van der Waals surface area contributed by atoms with E-state index in [2.05, 4.69) is 11.4 Å². The summed E-state index contributed by atoms with van der Waals surface area (Å²) < 4.78 is 0. The predicted molar refractivity (Wildman–Crippen MR) is 106 cm³/mol. The van der Waals surface area contributed by atoms with Crippen molar-refractivity contribution < 1.29 is 10.1 Å². The summed E-state index contributed by atoms with van der Waals surface area (Å²) in [5, 5.41) is 16.2. The quantitative estimate of drug-likeness (QED) is 0.782. The maximum atomic E-state index is 12.4. The summed E-state index contributed by atoms with van der Waals surface area (Å²) in [5.41, 5.74) is 2.71. The first-order chi connectivity index (χ1) is 12.5. The van der Waals surface area contributed by atoms with Gasteiger partial charge in [0.2, 0.25) is 0 Å². The van der Waals surface area contributed by atoms with Crippen LogP contribution in [0, 0.1) is 11.3 Å². The number of amides is 1. The molecule has 3 N–H and O–H groups in total. The number of fused-ring (bicyclic) bond motifs is 1. The molecule has 0 saturated carbocycles. The Bertz CT molecular complexity index is 872. The molecule has 3 rings (SSSR count). The van der Waals surface area contributed by atoms with Crippen LogP contribution in [-0.2, 0) is 17.6 Å². The van der Waals surface area contributed by atoms with E-state index in [1.165, 1.54) is 4.88 Å². The molecule has 1 aromatic carbocycles. The number of quaternary nitrogens is 1. The zero-order valence-corrected chi connectivity index (χ0v) is 16.8. The summed E-state index contributed by atoms with van der Waals surface area (Å²) >= 11 is 13.7. The average molecular weight is 409 g/mol. The first-order valence-corrected chi connectivity index (χ1v) is 10.2. The minimum Gasteiger partial charge on any atom is -0.332 e. The van der Waals surface area contributed by atoms with E-state index in [1.807, 2.05) is 18.3 Å². The van der Waals surface area contributed by atoms with E-state index < -0.39 is 0 Å². The summed E-state index contributed by atoms with van der Waals surface area (Å²) in [6.07, 6.45) is 4.20. The second-order valence-electron chi connectivity index (χ2n) is 6.47. The van der Waals surface area contributed by atoms with Gasteiger partial charge in [-0.15, -0.1) is 11.3 Å². The van der Waals surface area contributed by atoms with Crippen molar-refractivity contribution >= 4 is 45.4 Å². The average Bonchev–Trinajstić information content (AvgIpc) is 2.96. The molecule has 1 atom stereocenters. The fourth-order valence-corrected chi connectivity index (χ4v) is 5.07. The van der Waals surface area contributed by atoms with Gasteiger partial charge in [-0.3, -0.25) is 4.79 Å². The molecule has 4 nitrogen and oxygen atoms in total. The van der Waals surface area contributed by atoms with E-state index in [4.69, 9.17) is 23.2 Å². The van der Waals surface area contributed by atoms with Crippen molar-refractivity contribution in [3.8, 4) is 6.07 Å². The minimum atomic E-state index is -0.114. The number of halogens is 2. The van der Waals surface area contributed by atoms with Crippen LogP contribution >= 0.6 is 34.5 Å². The number of carbonyl (C=O) groups is 1. The first-order valence-electron chi connectivity index (χ1n) is 8.62. The molecule has 26 heavy (non-hydrogen) atoms. The van der Waals surface area contributed by atoms with Gasteiger partial charge in [-0.2, -0.15) is 5.26 Å². The van der Waals surface area contributed by atoms with Gasteiger partial charge in [-0.1, -0.05) is 29.3 Å². The first kappa shape index (κ1) is 19.2. The lowest BCUT2D eigenvalue weighted by Crippen LogP contribution is -2.86. The highest BCUT2D eigenvalue weighted by molar-refractivity contribution is 7.16. The van der Waals surface area contributed by atoms with Crippen molar-refractivity contribution in [2.24, 2.45) is 0 Å². The van der Waals surface area contributed by atoms with Gasteiger partial charge in [0, 0.05) is 15.5 Å². The number of nitrogens with zero attached hydrogens (tertiary/aromatic N) is 1. The summed E-state index contributed by atoms with van der Waals surface area (Å²) in [6, 6.07) is 7.67. The standard InChI is InChI=1S/C19H19Cl2N3OS/c1-11(13-7-6-12(20)8-16(13)21)23-10-18(25)24-19-15(9-22)14-4-2-3-5-17(14)26-19/h6-8,11,23H,2-5,10H2,1H3,(H,24,25)/p+1/t11-/m1/s1. The van der Waals surface area contributed by atoms with Gasteiger partial charge in [-0.25, -0.2) is 0 Å². The molecular formula is C19H20Cl2N3OS+. The molecule has 0 fully saturated rings. The van der Waals surface area contributed by atoms with Crippen LogP contribution in [0.1, 0.15) is 47.4 Å². The van der Waals surface area contributed by atoms with Gasteiger partial charge in [0.1, 0.15) is 17.1 Å². The van der Waals surface area contributed by atoms with Crippen LogP contribution in [0.5, 0.6) is 0 Å². The Morgan fingerprint density at radius 1 is 1.38 bits per heavy atom. The predicted octanol–water partition coefficient (Wildman–Crippen LogP) is 4.07. The largest absolute Gasteiger partial charge is 0.332 e. The van der Waals surface area contributed by atoms with Crippen molar-refractivity contribution in [1.29, 1.82) is 5.26 Å². The number of hydrogen-bond donors (Lipinski definition) is 2.